The Morgan fingerprint density at radius 3 is 2.62 bits per heavy atom. The van der Waals surface area contributed by atoms with Crippen LogP contribution in [0.15, 0.2) is 30.5 Å². The fourth-order valence-electron chi connectivity index (χ4n) is 3.69. The second-order valence-electron chi connectivity index (χ2n) is 6.69. The smallest absolute Gasteiger partial charge is 0.181 e. The quantitative estimate of drug-likeness (QED) is 0.872. The topological polar surface area (TPSA) is 36.1 Å². The van der Waals surface area contributed by atoms with E-state index in [0.717, 1.165) is 29.6 Å². The van der Waals surface area contributed by atoms with Crippen LogP contribution in [-0.4, -0.2) is 34.8 Å². The molecule has 0 radical (unpaired) electrons. The lowest BCUT2D eigenvalue weighted by Gasteiger charge is -2.38. The number of Topliss-reactive ketones (excluding diaryl/α,β-unsaturated/α-hetero) is 1. The Balaban J connectivity index is 1.84. The Bertz CT molecular complexity index is 635. The van der Waals surface area contributed by atoms with Crippen LogP contribution in [0.3, 0.4) is 0 Å². The van der Waals surface area contributed by atoms with Gasteiger partial charge >= 0.3 is 0 Å². The van der Waals surface area contributed by atoms with Crippen molar-refractivity contribution in [3.63, 3.8) is 0 Å². The van der Waals surface area contributed by atoms with Crippen LogP contribution in [0.2, 0.25) is 0 Å². The van der Waals surface area contributed by atoms with Crippen molar-refractivity contribution in [2.75, 3.05) is 13.1 Å². The maximum atomic E-state index is 12.9. The molecule has 3 atom stereocenters. The summed E-state index contributed by atoms with van der Waals surface area (Å²) >= 11 is 0. The molecule has 0 spiro atoms. The molecule has 112 valence electrons. The molecule has 3 rings (SSSR count). The molecule has 0 amide bonds. The van der Waals surface area contributed by atoms with Crippen molar-refractivity contribution in [2.24, 2.45) is 11.8 Å². The Kier molecular flexibility index (Phi) is 3.85. The van der Waals surface area contributed by atoms with Crippen LogP contribution in [0.25, 0.3) is 10.9 Å². The van der Waals surface area contributed by atoms with Gasteiger partial charge in [-0.15, -0.1) is 0 Å². The Morgan fingerprint density at radius 2 is 1.90 bits per heavy atom. The number of fused-ring (bicyclic) bond motifs is 1. The SMILES string of the molecule is C[C@H]1C[C@H](C)CN([C@H](C)C(=O)c2c[nH]c3ccccc23)C1. The van der Waals surface area contributed by atoms with E-state index in [1.54, 1.807) is 0 Å². The summed E-state index contributed by atoms with van der Waals surface area (Å²) in [7, 11) is 0. The second kappa shape index (κ2) is 5.64. The Morgan fingerprint density at radius 1 is 1.24 bits per heavy atom. The van der Waals surface area contributed by atoms with Crippen molar-refractivity contribution in [3.05, 3.63) is 36.0 Å². The zero-order valence-corrected chi connectivity index (χ0v) is 13.1. The van der Waals surface area contributed by atoms with Crippen LogP contribution in [0, 0.1) is 11.8 Å². The third kappa shape index (κ3) is 2.75. The highest BCUT2D eigenvalue weighted by molar-refractivity contribution is 6.10. The number of hydrogen-bond acceptors (Lipinski definition) is 2. The fraction of sp³-hybridized carbons (Fsp3) is 0.500. The molecule has 1 N–H and O–H groups in total. The number of aromatic amines is 1. The number of hydrogen-bond donors (Lipinski definition) is 1. The number of H-pyrrole nitrogens is 1. The van der Waals surface area contributed by atoms with Gasteiger partial charge in [-0.1, -0.05) is 32.0 Å². The third-order valence-electron chi connectivity index (χ3n) is 4.68. The lowest BCUT2D eigenvalue weighted by molar-refractivity contribution is 0.0688. The van der Waals surface area contributed by atoms with Crippen molar-refractivity contribution in [1.29, 1.82) is 0 Å². The normalized spacial score (nSPS) is 25.1. The number of piperidine rings is 1. The summed E-state index contributed by atoms with van der Waals surface area (Å²) in [4.78, 5) is 18.4. The molecule has 0 aliphatic carbocycles. The largest absolute Gasteiger partial charge is 0.360 e. The molecule has 0 unspecified atom stereocenters. The van der Waals surface area contributed by atoms with Crippen LogP contribution in [-0.2, 0) is 0 Å². The van der Waals surface area contributed by atoms with E-state index in [2.05, 4.69) is 30.7 Å². The minimum absolute atomic E-state index is 0.0468. The predicted molar refractivity (Wildman–Crippen MR) is 86.6 cm³/mol. The van der Waals surface area contributed by atoms with Gasteiger partial charge in [0.15, 0.2) is 5.78 Å². The van der Waals surface area contributed by atoms with Crippen LogP contribution in [0.1, 0.15) is 37.6 Å². The first-order valence-corrected chi connectivity index (χ1v) is 7.90. The molecule has 1 aromatic carbocycles. The summed E-state index contributed by atoms with van der Waals surface area (Å²) in [6.45, 7) is 8.67. The number of likely N-dealkylation sites (tertiary alicyclic amines) is 1. The molecule has 1 fully saturated rings. The van der Waals surface area contributed by atoms with E-state index >= 15 is 0 Å². The number of aromatic nitrogens is 1. The number of nitrogens with one attached hydrogen (secondary N) is 1. The molecular formula is C18H24N2O. The number of carbonyl (C=O) groups excluding carboxylic acids is 1. The van der Waals surface area contributed by atoms with Gasteiger partial charge in [0.1, 0.15) is 0 Å². The van der Waals surface area contributed by atoms with Crippen LogP contribution >= 0.6 is 0 Å². The number of ketones is 1. The third-order valence-corrected chi connectivity index (χ3v) is 4.68. The van der Waals surface area contributed by atoms with Crippen molar-refractivity contribution in [3.8, 4) is 0 Å². The fourth-order valence-corrected chi connectivity index (χ4v) is 3.69. The van der Waals surface area contributed by atoms with E-state index in [4.69, 9.17) is 0 Å². The number of nitrogens with zero attached hydrogens (tertiary/aromatic N) is 1. The van der Waals surface area contributed by atoms with Gasteiger partial charge < -0.3 is 4.98 Å². The zero-order valence-electron chi connectivity index (χ0n) is 13.1. The predicted octanol–water partition coefficient (Wildman–Crippen LogP) is 3.72. The van der Waals surface area contributed by atoms with Gasteiger partial charge in [0.25, 0.3) is 0 Å². The average Bonchev–Trinajstić information content (AvgIpc) is 2.88. The highest BCUT2D eigenvalue weighted by atomic mass is 16.1. The van der Waals surface area contributed by atoms with Gasteiger partial charge in [0.05, 0.1) is 6.04 Å². The molecule has 3 heteroatoms. The standard InChI is InChI=1S/C18H24N2O/c1-12-8-13(2)11-20(10-12)14(3)18(21)16-9-19-17-7-5-4-6-15(16)17/h4-7,9,12-14,19H,8,10-11H2,1-3H3/t12-,13-,14+/m0/s1. The molecule has 3 nitrogen and oxygen atoms in total. The zero-order chi connectivity index (χ0) is 15.0. The summed E-state index contributed by atoms with van der Waals surface area (Å²) in [6, 6.07) is 7.97. The monoisotopic (exact) mass is 284 g/mol. The molecule has 2 heterocycles. The van der Waals surface area contributed by atoms with Gasteiger partial charge in [-0.3, -0.25) is 9.69 Å². The highest BCUT2D eigenvalue weighted by Gasteiger charge is 2.30. The minimum Gasteiger partial charge on any atom is -0.360 e. The van der Waals surface area contributed by atoms with Crippen LogP contribution in [0.5, 0.6) is 0 Å². The van der Waals surface area contributed by atoms with Gasteiger partial charge in [-0.25, -0.2) is 0 Å². The van der Waals surface area contributed by atoms with Gasteiger partial charge in [-0.2, -0.15) is 0 Å². The van der Waals surface area contributed by atoms with Gasteiger partial charge in [0, 0.05) is 35.8 Å². The summed E-state index contributed by atoms with van der Waals surface area (Å²) < 4.78 is 0. The molecule has 1 aliphatic heterocycles. The minimum atomic E-state index is -0.0468. The number of rotatable bonds is 3. The van der Waals surface area contributed by atoms with E-state index in [0.29, 0.717) is 11.8 Å². The summed E-state index contributed by atoms with van der Waals surface area (Å²) in [5, 5.41) is 1.03. The second-order valence-corrected chi connectivity index (χ2v) is 6.69. The molecule has 21 heavy (non-hydrogen) atoms. The highest BCUT2D eigenvalue weighted by Crippen LogP contribution is 2.25. The average molecular weight is 284 g/mol. The molecule has 1 aromatic heterocycles. The van der Waals surface area contributed by atoms with E-state index in [1.165, 1.54) is 6.42 Å². The first-order chi connectivity index (χ1) is 10.1. The molecule has 1 saturated heterocycles. The summed E-state index contributed by atoms with van der Waals surface area (Å²) in [5.41, 5.74) is 1.86. The number of para-hydroxylation sites is 1. The van der Waals surface area contributed by atoms with E-state index in [9.17, 15) is 4.79 Å². The first kappa shape index (κ1) is 14.3. The Labute approximate surface area is 126 Å². The number of carbonyl (C=O) groups is 1. The van der Waals surface area contributed by atoms with E-state index in [-0.39, 0.29) is 11.8 Å². The maximum Gasteiger partial charge on any atom is 0.181 e. The lowest BCUT2D eigenvalue weighted by Crippen LogP contribution is -2.47. The van der Waals surface area contributed by atoms with Gasteiger partial charge in [-0.05, 0) is 31.2 Å². The lowest BCUT2D eigenvalue weighted by atomic mass is 9.90. The summed E-state index contributed by atoms with van der Waals surface area (Å²) in [5.74, 6) is 1.58. The van der Waals surface area contributed by atoms with Crippen molar-refractivity contribution in [1.82, 2.24) is 9.88 Å². The first-order valence-electron chi connectivity index (χ1n) is 7.90. The number of benzene rings is 1. The van der Waals surface area contributed by atoms with Crippen molar-refractivity contribution >= 4 is 16.7 Å². The summed E-state index contributed by atoms with van der Waals surface area (Å²) in [6.07, 6.45) is 3.13. The van der Waals surface area contributed by atoms with Crippen molar-refractivity contribution in [2.45, 2.75) is 33.2 Å². The van der Waals surface area contributed by atoms with Crippen LogP contribution in [0.4, 0.5) is 0 Å². The molecular weight excluding hydrogens is 260 g/mol. The maximum absolute atomic E-state index is 12.9. The molecule has 0 bridgehead atoms. The molecule has 1 aliphatic rings. The van der Waals surface area contributed by atoms with E-state index < -0.39 is 0 Å². The molecule has 0 saturated carbocycles. The van der Waals surface area contributed by atoms with Crippen molar-refractivity contribution < 1.29 is 4.79 Å². The van der Waals surface area contributed by atoms with E-state index in [1.807, 2.05) is 30.5 Å². The molecule has 2 aromatic rings. The Hall–Kier alpha value is -1.61. The van der Waals surface area contributed by atoms with Gasteiger partial charge in [0.2, 0.25) is 0 Å². The van der Waals surface area contributed by atoms with Crippen LogP contribution < -0.4 is 0 Å².